The van der Waals surface area contributed by atoms with Crippen LogP contribution in [0.15, 0.2) is 24.3 Å². The van der Waals surface area contributed by atoms with Crippen molar-refractivity contribution >= 4 is 23.4 Å². The molecule has 108 valence electrons. The number of hydrogen-bond acceptors (Lipinski definition) is 2. The van der Waals surface area contributed by atoms with Gasteiger partial charge in [-0.25, -0.2) is 0 Å². The monoisotopic (exact) mass is 299 g/mol. The van der Waals surface area contributed by atoms with Gasteiger partial charge >= 0.3 is 0 Å². The first kappa shape index (κ1) is 16.9. The zero-order chi connectivity index (χ0) is 13.9. The highest BCUT2D eigenvalue weighted by Crippen LogP contribution is 2.28. The summed E-state index contributed by atoms with van der Waals surface area (Å²) in [5.74, 6) is 3.01. The maximum Gasteiger partial charge on any atom is 0.0441 e. The lowest BCUT2D eigenvalue weighted by Crippen LogP contribution is -2.22. The molecule has 0 aliphatic rings. The van der Waals surface area contributed by atoms with Crippen LogP contribution in [0, 0.1) is 0 Å². The van der Waals surface area contributed by atoms with Gasteiger partial charge < -0.3 is 5.32 Å². The van der Waals surface area contributed by atoms with Gasteiger partial charge in [-0.1, -0.05) is 43.6 Å². The molecule has 0 amide bonds. The Labute approximate surface area is 127 Å². The summed E-state index contributed by atoms with van der Waals surface area (Å²) in [6.45, 7) is 6.55. The third-order valence-electron chi connectivity index (χ3n) is 3.21. The average Bonchev–Trinajstić information content (AvgIpc) is 2.42. The average molecular weight is 300 g/mol. The predicted molar refractivity (Wildman–Crippen MR) is 89.6 cm³/mol. The second-order valence-corrected chi connectivity index (χ2v) is 6.56. The largest absolute Gasteiger partial charge is 0.316 e. The molecule has 19 heavy (non-hydrogen) atoms. The number of nitrogens with one attached hydrogen (secondary N) is 1. The highest BCUT2D eigenvalue weighted by atomic mass is 35.5. The van der Waals surface area contributed by atoms with E-state index in [0.29, 0.717) is 5.92 Å². The summed E-state index contributed by atoms with van der Waals surface area (Å²) >= 11 is 8.36. The van der Waals surface area contributed by atoms with Crippen LogP contribution in [0.1, 0.15) is 44.6 Å². The van der Waals surface area contributed by atoms with E-state index in [9.17, 15) is 0 Å². The summed E-state index contributed by atoms with van der Waals surface area (Å²) in [5, 5.41) is 4.45. The van der Waals surface area contributed by atoms with Gasteiger partial charge in [-0.05, 0) is 54.9 Å². The van der Waals surface area contributed by atoms with E-state index in [2.05, 4.69) is 31.3 Å². The van der Waals surface area contributed by atoms with Crippen LogP contribution in [-0.4, -0.2) is 24.6 Å². The van der Waals surface area contributed by atoms with Gasteiger partial charge in [0.05, 0.1) is 0 Å². The smallest absolute Gasteiger partial charge is 0.0441 e. The molecule has 1 nitrogen and oxygen atoms in total. The summed E-state index contributed by atoms with van der Waals surface area (Å²) in [7, 11) is 0. The molecule has 3 heteroatoms. The van der Waals surface area contributed by atoms with Gasteiger partial charge in [-0.3, -0.25) is 0 Å². The molecule has 0 radical (unpaired) electrons. The van der Waals surface area contributed by atoms with E-state index in [1.807, 2.05) is 23.9 Å². The summed E-state index contributed by atoms with van der Waals surface area (Å²) in [4.78, 5) is 0. The first-order chi connectivity index (χ1) is 9.29. The molecule has 0 heterocycles. The minimum Gasteiger partial charge on any atom is -0.316 e. The molecular weight excluding hydrogens is 274 g/mol. The molecule has 1 rings (SSSR count). The fraction of sp³-hybridized carbons (Fsp3) is 0.625. The quantitative estimate of drug-likeness (QED) is 0.613. The van der Waals surface area contributed by atoms with Crippen LogP contribution >= 0.6 is 23.4 Å². The lowest BCUT2D eigenvalue weighted by Gasteiger charge is -2.19. The van der Waals surface area contributed by atoms with E-state index < -0.39 is 0 Å². The van der Waals surface area contributed by atoms with Crippen LogP contribution in [-0.2, 0) is 0 Å². The molecular formula is C16H26ClNS. The van der Waals surface area contributed by atoms with Crippen molar-refractivity contribution in [2.75, 3.05) is 24.6 Å². The standard InChI is InChI=1S/C16H26ClNS/c1-3-11-18-13-14(8-7-12-19-4-2)15-9-5-6-10-16(15)17/h5-6,9-10,14,18H,3-4,7-8,11-13H2,1-2H3. The third kappa shape index (κ3) is 6.69. The lowest BCUT2D eigenvalue weighted by molar-refractivity contribution is 0.545. The van der Waals surface area contributed by atoms with Crippen molar-refractivity contribution in [3.63, 3.8) is 0 Å². The van der Waals surface area contributed by atoms with Crippen molar-refractivity contribution < 1.29 is 0 Å². The predicted octanol–water partition coefficient (Wildman–Crippen LogP) is 4.96. The number of halogens is 1. The number of thioether (sulfide) groups is 1. The van der Waals surface area contributed by atoms with Crippen molar-refractivity contribution in [2.24, 2.45) is 0 Å². The highest BCUT2D eigenvalue weighted by Gasteiger charge is 2.13. The summed E-state index contributed by atoms with van der Waals surface area (Å²) in [6, 6.07) is 8.28. The number of hydrogen-bond donors (Lipinski definition) is 1. The van der Waals surface area contributed by atoms with Gasteiger partial charge in [0, 0.05) is 11.6 Å². The second-order valence-electron chi connectivity index (χ2n) is 4.76. The van der Waals surface area contributed by atoms with Crippen molar-refractivity contribution in [1.29, 1.82) is 0 Å². The Balaban J connectivity index is 2.55. The van der Waals surface area contributed by atoms with Gasteiger partial charge in [-0.2, -0.15) is 11.8 Å². The molecule has 0 fully saturated rings. The molecule has 0 bridgehead atoms. The Hall–Kier alpha value is -0.180. The molecule has 1 N–H and O–H groups in total. The van der Waals surface area contributed by atoms with Crippen LogP contribution in [0.5, 0.6) is 0 Å². The van der Waals surface area contributed by atoms with Gasteiger partial charge in [-0.15, -0.1) is 0 Å². The van der Waals surface area contributed by atoms with E-state index in [-0.39, 0.29) is 0 Å². The molecule has 0 spiro atoms. The van der Waals surface area contributed by atoms with E-state index in [1.165, 1.54) is 36.3 Å². The Kier molecular flexibility index (Phi) is 9.40. The molecule has 1 unspecified atom stereocenters. The maximum absolute atomic E-state index is 6.34. The van der Waals surface area contributed by atoms with Crippen LogP contribution < -0.4 is 5.32 Å². The van der Waals surface area contributed by atoms with E-state index in [1.54, 1.807) is 0 Å². The minimum absolute atomic E-state index is 0.540. The normalized spacial score (nSPS) is 12.6. The van der Waals surface area contributed by atoms with Gasteiger partial charge in [0.15, 0.2) is 0 Å². The fourth-order valence-electron chi connectivity index (χ4n) is 2.20. The Bertz CT molecular complexity index is 343. The second kappa shape index (κ2) is 10.6. The molecule has 0 saturated carbocycles. The molecule has 0 saturated heterocycles. The molecule has 1 aromatic rings. The zero-order valence-corrected chi connectivity index (χ0v) is 13.7. The summed E-state index contributed by atoms with van der Waals surface area (Å²) < 4.78 is 0. The van der Waals surface area contributed by atoms with Gasteiger partial charge in [0.2, 0.25) is 0 Å². The Morgan fingerprint density at radius 1 is 1.26 bits per heavy atom. The molecule has 0 aliphatic heterocycles. The third-order valence-corrected chi connectivity index (χ3v) is 4.54. The highest BCUT2D eigenvalue weighted by molar-refractivity contribution is 7.99. The Morgan fingerprint density at radius 3 is 2.74 bits per heavy atom. The summed E-state index contributed by atoms with van der Waals surface area (Å²) in [5.41, 5.74) is 1.30. The molecule has 0 aromatic heterocycles. The van der Waals surface area contributed by atoms with Crippen molar-refractivity contribution in [3.05, 3.63) is 34.9 Å². The minimum atomic E-state index is 0.540. The van der Waals surface area contributed by atoms with E-state index in [4.69, 9.17) is 11.6 Å². The van der Waals surface area contributed by atoms with Crippen molar-refractivity contribution in [1.82, 2.24) is 5.32 Å². The van der Waals surface area contributed by atoms with Crippen LogP contribution in [0.2, 0.25) is 5.02 Å². The topological polar surface area (TPSA) is 12.0 Å². The zero-order valence-electron chi connectivity index (χ0n) is 12.1. The number of benzene rings is 1. The van der Waals surface area contributed by atoms with E-state index >= 15 is 0 Å². The maximum atomic E-state index is 6.34. The first-order valence-corrected chi connectivity index (χ1v) is 8.85. The fourth-order valence-corrected chi connectivity index (χ4v) is 3.15. The number of rotatable bonds is 10. The van der Waals surface area contributed by atoms with Crippen molar-refractivity contribution in [3.8, 4) is 0 Å². The molecule has 0 aliphatic carbocycles. The molecule has 1 atom stereocenters. The first-order valence-electron chi connectivity index (χ1n) is 7.32. The molecule has 1 aromatic carbocycles. The summed E-state index contributed by atoms with van der Waals surface area (Å²) in [6.07, 6.45) is 3.66. The van der Waals surface area contributed by atoms with E-state index in [0.717, 1.165) is 18.1 Å². The Morgan fingerprint density at radius 2 is 2.05 bits per heavy atom. The lowest BCUT2D eigenvalue weighted by atomic mass is 9.94. The SMILES string of the molecule is CCCNCC(CCCSCC)c1ccccc1Cl. The van der Waals surface area contributed by atoms with Gasteiger partial charge in [0.25, 0.3) is 0 Å². The van der Waals surface area contributed by atoms with Gasteiger partial charge in [0.1, 0.15) is 0 Å². The van der Waals surface area contributed by atoms with Crippen LogP contribution in [0.4, 0.5) is 0 Å². The van der Waals surface area contributed by atoms with Crippen molar-refractivity contribution in [2.45, 2.75) is 39.0 Å². The van der Waals surface area contributed by atoms with Crippen LogP contribution in [0.3, 0.4) is 0 Å². The van der Waals surface area contributed by atoms with Crippen LogP contribution in [0.25, 0.3) is 0 Å².